The van der Waals surface area contributed by atoms with Gasteiger partial charge in [0.2, 0.25) is 0 Å². The maximum Gasteiger partial charge on any atom is 0.342 e. The summed E-state index contributed by atoms with van der Waals surface area (Å²) in [4.78, 5) is 10.8. The Morgan fingerprint density at radius 2 is 2.45 bits per heavy atom. The number of hydrogen-bond acceptors (Lipinski definition) is 3. The summed E-state index contributed by atoms with van der Waals surface area (Å²) in [5.41, 5.74) is -0.897. The fraction of sp³-hybridized carbons (Fsp3) is 0.375. The van der Waals surface area contributed by atoms with E-state index in [1.165, 1.54) is 13.0 Å². The first-order valence-electron chi connectivity index (χ1n) is 3.30. The molecule has 1 saturated heterocycles. The van der Waals surface area contributed by atoms with Crippen LogP contribution in [0, 0.1) is 0 Å². The van der Waals surface area contributed by atoms with Crippen LogP contribution < -0.4 is 0 Å². The molecule has 3 nitrogen and oxygen atoms in total. The average Bonchev–Trinajstić information content (AvgIpc) is 2.16. The van der Waals surface area contributed by atoms with Crippen LogP contribution in [0.5, 0.6) is 0 Å². The van der Waals surface area contributed by atoms with Gasteiger partial charge < -0.3 is 9.84 Å². The number of carbonyl (C=O) groups is 1. The lowest BCUT2D eigenvalue weighted by Gasteiger charge is -2.11. The molecular formula is C8H10O3. The second kappa shape index (κ2) is 2.51. The minimum absolute atomic E-state index is 0.165. The summed E-state index contributed by atoms with van der Waals surface area (Å²) >= 11 is 0. The highest BCUT2D eigenvalue weighted by molar-refractivity contribution is 5.85. The fourth-order valence-corrected chi connectivity index (χ4v) is 0.908. The predicted molar refractivity (Wildman–Crippen MR) is 39.9 cm³/mol. The summed E-state index contributed by atoms with van der Waals surface area (Å²) < 4.78 is 4.63. The Hall–Kier alpha value is -1.09. The van der Waals surface area contributed by atoms with Crippen molar-refractivity contribution < 1.29 is 14.6 Å². The van der Waals surface area contributed by atoms with Crippen molar-refractivity contribution in [3.8, 4) is 0 Å². The van der Waals surface area contributed by atoms with Gasteiger partial charge in [0.1, 0.15) is 6.61 Å². The van der Waals surface area contributed by atoms with Crippen molar-refractivity contribution >= 4 is 5.97 Å². The molecule has 0 aromatic rings. The van der Waals surface area contributed by atoms with Crippen LogP contribution in [0.2, 0.25) is 0 Å². The molecule has 0 aliphatic carbocycles. The summed E-state index contributed by atoms with van der Waals surface area (Å²) in [7, 11) is 0. The number of hydrogen-bond donors (Lipinski definition) is 1. The lowest BCUT2D eigenvalue weighted by Crippen LogP contribution is -2.31. The standard InChI is InChI=1S/C8H10O3/c1-3-4-6-5-11-7(9)8(6,2)10/h3-4,10H,1,5H2,2H3/b6-4+/t8-/m1/s1. The van der Waals surface area contributed by atoms with E-state index < -0.39 is 11.6 Å². The Kier molecular flexibility index (Phi) is 1.83. The molecule has 60 valence electrons. The largest absolute Gasteiger partial charge is 0.459 e. The van der Waals surface area contributed by atoms with Crippen LogP contribution in [0.3, 0.4) is 0 Å². The Morgan fingerprint density at radius 1 is 1.82 bits per heavy atom. The first-order chi connectivity index (χ1) is 5.09. The van der Waals surface area contributed by atoms with E-state index >= 15 is 0 Å². The fourth-order valence-electron chi connectivity index (χ4n) is 0.908. The normalized spacial score (nSPS) is 34.0. The van der Waals surface area contributed by atoms with Gasteiger partial charge in [0.05, 0.1) is 0 Å². The lowest BCUT2D eigenvalue weighted by atomic mass is 9.99. The van der Waals surface area contributed by atoms with E-state index in [1.807, 2.05) is 0 Å². The minimum Gasteiger partial charge on any atom is -0.459 e. The van der Waals surface area contributed by atoms with Gasteiger partial charge in [0.15, 0.2) is 5.60 Å². The Bertz CT molecular complexity index is 225. The Labute approximate surface area is 65.0 Å². The van der Waals surface area contributed by atoms with Crippen LogP contribution in [0.15, 0.2) is 24.3 Å². The van der Waals surface area contributed by atoms with E-state index in [0.29, 0.717) is 5.57 Å². The van der Waals surface area contributed by atoms with Crippen LogP contribution in [-0.2, 0) is 9.53 Å². The van der Waals surface area contributed by atoms with Crippen LogP contribution in [0.25, 0.3) is 0 Å². The van der Waals surface area contributed by atoms with Gasteiger partial charge in [0, 0.05) is 5.57 Å². The smallest absolute Gasteiger partial charge is 0.342 e. The van der Waals surface area contributed by atoms with Crippen molar-refractivity contribution in [2.75, 3.05) is 6.61 Å². The maximum atomic E-state index is 10.8. The van der Waals surface area contributed by atoms with Crippen LogP contribution in [0.1, 0.15) is 6.92 Å². The molecule has 11 heavy (non-hydrogen) atoms. The highest BCUT2D eigenvalue weighted by Gasteiger charge is 2.42. The number of rotatable bonds is 1. The summed E-state index contributed by atoms with van der Waals surface area (Å²) in [5, 5.41) is 9.46. The zero-order valence-electron chi connectivity index (χ0n) is 6.33. The molecule has 0 saturated carbocycles. The van der Waals surface area contributed by atoms with Gasteiger partial charge in [-0.15, -0.1) is 0 Å². The number of esters is 1. The second-order valence-corrected chi connectivity index (χ2v) is 2.58. The molecule has 0 aromatic heterocycles. The molecule has 0 bridgehead atoms. The second-order valence-electron chi connectivity index (χ2n) is 2.58. The van der Waals surface area contributed by atoms with E-state index in [4.69, 9.17) is 0 Å². The minimum atomic E-state index is -1.45. The monoisotopic (exact) mass is 154 g/mol. The van der Waals surface area contributed by atoms with Crippen LogP contribution >= 0.6 is 0 Å². The maximum absolute atomic E-state index is 10.8. The molecule has 1 heterocycles. The lowest BCUT2D eigenvalue weighted by molar-refractivity contribution is -0.150. The molecule has 1 fully saturated rings. The van der Waals surface area contributed by atoms with E-state index in [-0.39, 0.29) is 6.61 Å². The zero-order chi connectivity index (χ0) is 8.48. The first kappa shape index (κ1) is 8.01. The van der Waals surface area contributed by atoms with E-state index in [2.05, 4.69) is 11.3 Å². The van der Waals surface area contributed by atoms with Gasteiger partial charge in [-0.3, -0.25) is 0 Å². The summed E-state index contributed by atoms with van der Waals surface area (Å²) in [6, 6.07) is 0. The molecule has 1 atom stereocenters. The molecule has 1 N–H and O–H groups in total. The van der Waals surface area contributed by atoms with Gasteiger partial charge in [-0.1, -0.05) is 18.7 Å². The molecular weight excluding hydrogens is 144 g/mol. The highest BCUT2D eigenvalue weighted by Crippen LogP contribution is 2.25. The molecule has 0 aromatic carbocycles. The van der Waals surface area contributed by atoms with E-state index in [9.17, 15) is 9.90 Å². The topological polar surface area (TPSA) is 46.5 Å². The third-order valence-electron chi connectivity index (χ3n) is 1.70. The summed E-state index contributed by atoms with van der Waals surface area (Å²) in [6.45, 7) is 5.04. The molecule has 1 rings (SSSR count). The van der Waals surface area contributed by atoms with E-state index in [1.54, 1.807) is 6.08 Å². The van der Waals surface area contributed by atoms with Crippen LogP contribution in [-0.4, -0.2) is 23.3 Å². The van der Waals surface area contributed by atoms with Gasteiger partial charge in [-0.05, 0) is 6.92 Å². The van der Waals surface area contributed by atoms with Gasteiger partial charge in [-0.25, -0.2) is 4.79 Å². The summed E-state index contributed by atoms with van der Waals surface area (Å²) in [6.07, 6.45) is 3.11. The number of allylic oxidation sites excluding steroid dienone is 2. The Morgan fingerprint density at radius 3 is 2.82 bits per heavy atom. The molecule has 0 radical (unpaired) electrons. The molecule has 0 unspecified atom stereocenters. The Balaban J connectivity index is 2.95. The van der Waals surface area contributed by atoms with Crippen molar-refractivity contribution in [2.45, 2.75) is 12.5 Å². The molecule has 0 amide bonds. The molecule has 0 spiro atoms. The predicted octanol–water partition coefficient (Wildman–Crippen LogP) is 0.407. The third-order valence-corrected chi connectivity index (χ3v) is 1.70. The van der Waals surface area contributed by atoms with Crippen molar-refractivity contribution in [1.29, 1.82) is 0 Å². The third kappa shape index (κ3) is 1.19. The van der Waals surface area contributed by atoms with E-state index in [0.717, 1.165) is 0 Å². The number of carbonyl (C=O) groups excluding carboxylic acids is 1. The number of ether oxygens (including phenoxy) is 1. The van der Waals surface area contributed by atoms with Crippen molar-refractivity contribution in [3.05, 3.63) is 24.3 Å². The van der Waals surface area contributed by atoms with Crippen molar-refractivity contribution in [3.63, 3.8) is 0 Å². The van der Waals surface area contributed by atoms with Crippen LogP contribution in [0.4, 0.5) is 0 Å². The van der Waals surface area contributed by atoms with Gasteiger partial charge >= 0.3 is 5.97 Å². The highest BCUT2D eigenvalue weighted by atomic mass is 16.6. The summed E-state index contributed by atoms with van der Waals surface area (Å²) in [5.74, 6) is -0.592. The van der Waals surface area contributed by atoms with Crippen molar-refractivity contribution in [1.82, 2.24) is 0 Å². The molecule has 1 aliphatic rings. The van der Waals surface area contributed by atoms with Crippen molar-refractivity contribution in [2.24, 2.45) is 0 Å². The molecule has 1 aliphatic heterocycles. The number of aliphatic hydroxyl groups is 1. The number of cyclic esters (lactones) is 1. The van der Waals surface area contributed by atoms with Gasteiger partial charge in [0.25, 0.3) is 0 Å². The average molecular weight is 154 g/mol. The quantitative estimate of drug-likeness (QED) is 0.556. The SMILES string of the molecule is C=C/C=C1\COC(=O)[C@]1(C)O. The van der Waals surface area contributed by atoms with Gasteiger partial charge in [-0.2, -0.15) is 0 Å². The molecule has 3 heteroatoms. The zero-order valence-corrected chi connectivity index (χ0v) is 6.33. The first-order valence-corrected chi connectivity index (χ1v) is 3.30.